The normalized spacial score (nSPS) is 12.3. The van der Waals surface area contributed by atoms with Crippen LogP contribution in [0.25, 0.3) is 16.6 Å². The fourth-order valence-corrected chi connectivity index (χ4v) is 1.22. The molecule has 0 radical (unpaired) electrons. The number of hydrogen-bond acceptors (Lipinski definition) is 3. The molecule has 2 aromatic heterocycles. The van der Waals surface area contributed by atoms with Crippen LogP contribution in [0.5, 0.6) is 0 Å². The maximum atomic E-state index is 4.21. The second-order valence-corrected chi connectivity index (χ2v) is 2.83. The molecule has 1 N–H and O–H groups in total. The fraction of sp³-hybridized carbons (Fsp3) is 0.222. The highest BCUT2D eigenvalue weighted by atomic mass is 15.1. The topological polar surface area (TPSA) is 54.5 Å². The number of nitrogens with zero attached hydrogens (tertiary/aromatic N) is 3. The number of fused-ring (bicyclic) bond motifs is 1. The van der Waals surface area contributed by atoms with Crippen LogP contribution in [0.2, 0.25) is 0 Å². The Labute approximate surface area is 75.7 Å². The number of rotatable bonds is 1. The van der Waals surface area contributed by atoms with E-state index in [4.69, 9.17) is 0 Å². The van der Waals surface area contributed by atoms with E-state index in [1.807, 2.05) is 19.9 Å². The van der Waals surface area contributed by atoms with E-state index in [1.54, 1.807) is 12.5 Å². The van der Waals surface area contributed by atoms with Crippen LogP contribution < -0.4 is 0 Å². The molecular formula is C9H10N4. The number of hydrogen-bond donors (Lipinski definition) is 1. The van der Waals surface area contributed by atoms with Crippen LogP contribution in [-0.2, 0) is 0 Å². The third-order valence-electron chi connectivity index (χ3n) is 2.05. The number of aromatic amines is 1. The van der Waals surface area contributed by atoms with E-state index in [9.17, 15) is 0 Å². The lowest BCUT2D eigenvalue weighted by atomic mass is 10.1. The number of H-pyrrole nitrogens is 1. The van der Waals surface area contributed by atoms with E-state index < -0.39 is 0 Å². The van der Waals surface area contributed by atoms with Crippen molar-refractivity contribution < 1.29 is 0 Å². The standard InChI is InChI=1S/C9H10N4/c1-3-6(2)8-7-4-12-13-9(7)11-5-10-8/h3-5H,1-2H3,(H,10,11,12,13)/b6-3+. The number of allylic oxidation sites excluding steroid dienone is 2. The Bertz CT molecular complexity index is 455. The highest BCUT2D eigenvalue weighted by Gasteiger charge is 2.05. The van der Waals surface area contributed by atoms with Crippen molar-refractivity contribution in [3.8, 4) is 0 Å². The van der Waals surface area contributed by atoms with Gasteiger partial charge in [0.1, 0.15) is 6.33 Å². The molecule has 4 heteroatoms. The third-order valence-corrected chi connectivity index (χ3v) is 2.05. The Morgan fingerprint density at radius 1 is 1.46 bits per heavy atom. The van der Waals surface area contributed by atoms with Crippen LogP contribution in [0.15, 0.2) is 18.6 Å². The lowest BCUT2D eigenvalue weighted by molar-refractivity contribution is 1.09. The van der Waals surface area contributed by atoms with E-state index >= 15 is 0 Å². The maximum Gasteiger partial charge on any atom is 0.159 e. The Hall–Kier alpha value is -1.71. The van der Waals surface area contributed by atoms with Gasteiger partial charge in [0, 0.05) is 0 Å². The quantitative estimate of drug-likeness (QED) is 0.716. The summed E-state index contributed by atoms with van der Waals surface area (Å²) >= 11 is 0. The van der Waals surface area contributed by atoms with Crippen molar-refractivity contribution in [3.05, 3.63) is 24.3 Å². The molecule has 2 rings (SSSR count). The summed E-state index contributed by atoms with van der Waals surface area (Å²) in [7, 11) is 0. The van der Waals surface area contributed by atoms with Gasteiger partial charge in [0.25, 0.3) is 0 Å². The molecule has 0 saturated carbocycles. The Kier molecular flexibility index (Phi) is 1.81. The average molecular weight is 174 g/mol. The molecule has 2 aromatic rings. The molecular weight excluding hydrogens is 164 g/mol. The van der Waals surface area contributed by atoms with Gasteiger partial charge >= 0.3 is 0 Å². The van der Waals surface area contributed by atoms with Crippen LogP contribution >= 0.6 is 0 Å². The Morgan fingerprint density at radius 2 is 2.31 bits per heavy atom. The fourth-order valence-electron chi connectivity index (χ4n) is 1.22. The van der Waals surface area contributed by atoms with Crippen LogP contribution in [0.1, 0.15) is 19.5 Å². The van der Waals surface area contributed by atoms with E-state index in [0.29, 0.717) is 0 Å². The molecule has 0 amide bonds. The highest BCUT2D eigenvalue weighted by molar-refractivity contribution is 5.86. The van der Waals surface area contributed by atoms with Gasteiger partial charge in [-0.25, -0.2) is 9.97 Å². The molecule has 0 aliphatic rings. The first kappa shape index (κ1) is 7.91. The maximum absolute atomic E-state index is 4.21. The zero-order chi connectivity index (χ0) is 9.26. The monoisotopic (exact) mass is 174 g/mol. The second kappa shape index (κ2) is 2.97. The van der Waals surface area contributed by atoms with Gasteiger partial charge < -0.3 is 0 Å². The molecule has 13 heavy (non-hydrogen) atoms. The van der Waals surface area contributed by atoms with Crippen LogP contribution in [0.3, 0.4) is 0 Å². The van der Waals surface area contributed by atoms with Gasteiger partial charge in [-0.2, -0.15) is 5.10 Å². The van der Waals surface area contributed by atoms with Gasteiger partial charge in [-0.05, 0) is 19.4 Å². The van der Waals surface area contributed by atoms with Crippen LogP contribution in [0, 0.1) is 0 Å². The third kappa shape index (κ3) is 1.20. The minimum absolute atomic E-state index is 0.784. The molecule has 0 saturated heterocycles. The first-order chi connectivity index (χ1) is 6.33. The van der Waals surface area contributed by atoms with Gasteiger partial charge in [-0.3, -0.25) is 5.10 Å². The van der Waals surface area contributed by atoms with Gasteiger partial charge in [-0.1, -0.05) is 6.08 Å². The summed E-state index contributed by atoms with van der Waals surface area (Å²) in [4.78, 5) is 8.27. The van der Waals surface area contributed by atoms with Gasteiger partial charge in [0.15, 0.2) is 5.65 Å². The summed E-state index contributed by atoms with van der Waals surface area (Å²) in [5.41, 5.74) is 2.86. The summed E-state index contributed by atoms with van der Waals surface area (Å²) in [6.45, 7) is 4.01. The molecule has 0 aliphatic carbocycles. The zero-order valence-electron chi connectivity index (χ0n) is 7.57. The van der Waals surface area contributed by atoms with Gasteiger partial charge in [-0.15, -0.1) is 0 Å². The van der Waals surface area contributed by atoms with E-state index in [-0.39, 0.29) is 0 Å². The Balaban J connectivity index is 2.75. The second-order valence-electron chi connectivity index (χ2n) is 2.83. The van der Waals surface area contributed by atoms with Gasteiger partial charge in [0.2, 0.25) is 0 Å². The lowest BCUT2D eigenvalue weighted by Crippen LogP contribution is -1.88. The first-order valence-electron chi connectivity index (χ1n) is 4.10. The molecule has 0 aliphatic heterocycles. The smallest absolute Gasteiger partial charge is 0.159 e. The van der Waals surface area contributed by atoms with Gasteiger partial charge in [0.05, 0.1) is 17.3 Å². The predicted molar refractivity (Wildman–Crippen MR) is 51.0 cm³/mol. The van der Waals surface area contributed by atoms with Crippen molar-refractivity contribution in [2.75, 3.05) is 0 Å². The summed E-state index contributed by atoms with van der Waals surface area (Å²) in [5, 5.41) is 7.70. The predicted octanol–water partition coefficient (Wildman–Crippen LogP) is 1.78. The van der Waals surface area contributed by atoms with E-state index in [2.05, 4.69) is 20.2 Å². The van der Waals surface area contributed by atoms with Crippen molar-refractivity contribution in [1.29, 1.82) is 0 Å². The van der Waals surface area contributed by atoms with E-state index in [1.165, 1.54) is 0 Å². The molecule has 2 heterocycles. The van der Waals surface area contributed by atoms with E-state index in [0.717, 1.165) is 22.3 Å². The van der Waals surface area contributed by atoms with Crippen molar-refractivity contribution in [2.45, 2.75) is 13.8 Å². The number of nitrogens with one attached hydrogen (secondary N) is 1. The summed E-state index contributed by atoms with van der Waals surface area (Å²) < 4.78 is 0. The average Bonchev–Trinajstić information content (AvgIpc) is 2.63. The molecule has 4 nitrogen and oxygen atoms in total. The van der Waals surface area contributed by atoms with Crippen molar-refractivity contribution in [3.63, 3.8) is 0 Å². The lowest BCUT2D eigenvalue weighted by Gasteiger charge is -1.99. The minimum Gasteiger partial charge on any atom is -0.261 e. The number of aromatic nitrogens is 4. The molecule has 0 atom stereocenters. The molecule has 66 valence electrons. The minimum atomic E-state index is 0.784. The summed E-state index contributed by atoms with van der Waals surface area (Å²) in [5.74, 6) is 0. The zero-order valence-corrected chi connectivity index (χ0v) is 7.57. The molecule has 0 spiro atoms. The van der Waals surface area contributed by atoms with Crippen LogP contribution in [-0.4, -0.2) is 20.2 Å². The van der Waals surface area contributed by atoms with Crippen molar-refractivity contribution in [2.24, 2.45) is 0 Å². The SMILES string of the molecule is C/C=C(\C)c1ncnc2[nH]ncc12. The summed E-state index contributed by atoms with van der Waals surface area (Å²) in [6.07, 6.45) is 5.31. The molecule has 0 fully saturated rings. The van der Waals surface area contributed by atoms with Crippen LogP contribution in [0.4, 0.5) is 0 Å². The molecule has 0 aromatic carbocycles. The van der Waals surface area contributed by atoms with Crippen molar-refractivity contribution in [1.82, 2.24) is 20.2 Å². The van der Waals surface area contributed by atoms with Crippen molar-refractivity contribution >= 4 is 16.6 Å². The first-order valence-corrected chi connectivity index (χ1v) is 4.10. The Morgan fingerprint density at radius 3 is 3.08 bits per heavy atom. The highest BCUT2D eigenvalue weighted by Crippen LogP contribution is 2.18. The molecule has 0 unspecified atom stereocenters. The summed E-state index contributed by atoms with van der Waals surface area (Å²) in [6, 6.07) is 0. The largest absolute Gasteiger partial charge is 0.261 e. The molecule has 0 bridgehead atoms.